The number of hydrogen-bond acceptors (Lipinski definition) is 15. The Morgan fingerprint density at radius 3 is 1.00 bits per heavy atom. The molecule has 1 aliphatic heterocycles. The van der Waals surface area contributed by atoms with Gasteiger partial charge >= 0.3 is 103 Å². The monoisotopic (exact) mass is 1690 g/mol. The molecule has 15 nitrogen and oxygen atoms in total. The van der Waals surface area contributed by atoms with Crippen LogP contribution in [0.1, 0.15) is 236 Å². The van der Waals surface area contributed by atoms with Crippen LogP contribution in [-0.4, -0.2) is 59.3 Å². The second kappa shape index (κ2) is 63.5. The van der Waals surface area contributed by atoms with E-state index >= 15 is 0 Å². The van der Waals surface area contributed by atoms with E-state index in [0.717, 1.165) is 108 Å². The third-order valence-corrected chi connectivity index (χ3v) is 17.6. The Kier molecular flexibility index (Phi) is 64.9. The fourth-order valence-corrected chi connectivity index (χ4v) is 10.1. The van der Waals surface area contributed by atoms with Crippen LogP contribution in [-0.2, 0) is 54.7 Å². The summed E-state index contributed by atoms with van der Waals surface area (Å²) in [6, 6.07) is 57.0. The predicted octanol–water partition coefficient (Wildman–Crippen LogP) is 15.6. The van der Waals surface area contributed by atoms with E-state index in [1.165, 1.54) is 59.5 Å². The molecule has 0 saturated carbocycles. The van der Waals surface area contributed by atoms with E-state index in [1.807, 2.05) is 111 Å². The molecular formula is C88H128BrK2O15Pd-. The van der Waals surface area contributed by atoms with Gasteiger partial charge in [0.25, 0.3) is 6.47 Å². The summed E-state index contributed by atoms with van der Waals surface area (Å²) in [4.78, 5) is 11.2. The number of ether oxygens (including phenoxy) is 4. The molecule has 9 rings (SSSR count). The Morgan fingerprint density at radius 2 is 0.738 bits per heavy atom. The molecule has 1 fully saturated rings. The maximum Gasteiger partial charge on any atom is 1.00 e. The van der Waals surface area contributed by atoms with Crippen molar-refractivity contribution >= 4 is 22.4 Å². The van der Waals surface area contributed by atoms with E-state index in [-0.39, 0.29) is 184 Å². The molecule has 0 radical (unpaired) electrons. The summed E-state index contributed by atoms with van der Waals surface area (Å²) in [6.45, 7) is 28.1. The molecule has 1 heterocycles. The number of aliphatic hydroxyl groups excluding tert-OH is 4. The van der Waals surface area contributed by atoms with E-state index in [2.05, 4.69) is 139 Å². The number of carbonyl (C=O) groups excluding carboxylic acids is 1. The Balaban J connectivity index is -0.000000292. The molecule has 19 heteroatoms. The van der Waals surface area contributed by atoms with Gasteiger partial charge in [0.2, 0.25) is 0 Å². The number of aryl methyl sites for hydroxylation is 3. The SMILES string of the molecule is C.C.CCC(C)C.CCC(C)CCC(O)c1cc(C)cc(OCc2ccccc2)c1.CCC(C)CCC(O)c1cc(O)cc(O)c1.CCC(C)CCC(O)c1cc(O)cc(O)c1.Cc1cc(OCc2ccccc2)cc(C(O)CBr)c1.Cc1cc(OCc2ccccc2)cc(C2CO2)c1.O=CO[O-].[CH3-].[H-].[HH].[K+].[K+].[Pd]. The van der Waals surface area contributed by atoms with Gasteiger partial charge in [-0.2, -0.15) is 0 Å². The van der Waals surface area contributed by atoms with E-state index < -0.39 is 24.4 Å². The van der Waals surface area contributed by atoms with Crippen LogP contribution in [0, 0.1) is 51.9 Å². The molecular weight excluding hydrogens is 1560 g/mol. The average molecular weight is 1690 g/mol. The summed E-state index contributed by atoms with van der Waals surface area (Å²) in [5.41, 5.74) is 11.1. The number of hydrogen-bond donors (Lipinski definition) is 8. The Morgan fingerprint density at radius 1 is 0.467 bits per heavy atom. The third kappa shape index (κ3) is 49.2. The Hall–Kier alpha value is -3.99. The zero-order chi connectivity index (χ0) is 74.7. The molecule has 8 N–H and O–H groups in total. The van der Waals surface area contributed by atoms with Gasteiger partial charge in [-0.05, 0) is 205 Å². The van der Waals surface area contributed by atoms with Gasteiger partial charge in [-0.3, -0.25) is 4.79 Å². The van der Waals surface area contributed by atoms with Crippen LogP contribution in [0.15, 0.2) is 182 Å². The standard InChI is InChI=1S/C21H28O2.C16H17BrO2.C16H16O2.2C13H20O3.C5H12.CH2O3.2CH4.CH3.2K.Pd.H2.H/c1-4-16(2)10-11-21(22)19-12-17(3)13-20(14-19)23-15-18-8-6-5-7-9-18;1-12-7-14(16(18)10-17)9-15(8-12)19-11-13-5-3-2-4-6-13;1-12-7-14(16-11-18-16)9-15(8-12)17-10-13-5-3-2-4-6-13;2*1-3-9(2)4-5-13(16)10-6-11(14)8-12(15)7-10;1-4-5(2)3;2-1-4-3;;;;;;;;/h5-9,12-14,16,21-22H,4,10-11,15H2,1-3H3;2-9,16,18H,10-11H2,1H3;2-9,16H,10-11H2,1H3;2*6-9,13-16H,3-5H2,1-2H3;5H,4H2,1-3H3;1,3H;2*1H4;1H3;;;;1H;/q;;;;;;;;;-1;2*+1;;;-1/p-1. The van der Waals surface area contributed by atoms with Gasteiger partial charge in [-0.15, -0.1) is 0 Å². The maximum absolute atomic E-state index is 10.4. The average Bonchev–Trinajstić information content (AvgIpc) is 1.72. The van der Waals surface area contributed by atoms with Crippen molar-refractivity contribution in [3.05, 3.63) is 251 Å². The smallest absolute Gasteiger partial charge is 1.00 e. The number of phenolic OH excluding ortho intramolecular Hbond substituents is 4. The molecule has 1 aliphatic rings. The van der Waals surface area contributed by atoms with Crippen LogP contribution in [0.25, 0.3) is 0 Å². The van der Waals surface area contributed by atoms with Crippen LogP contribution < -0.4 is 122 Å². The Bertz CT molecular complexity index is 3420. The summed E-state index contributed by atoms with van der Waals surface area (Å²) < 4.78 is 22.8. The molecule has 8 atom stereocenters. The van der Waals surface area contributed by atoms with Crippen molar-refractivity contribution < 1.29 is 201 Å². The molecule has 8 aromatic rings. The van der Waals surface area contributed by atoms with Crippen molar-refractivity contribution in [1.29, 1.82) is 0 Å². The number of alkyl halides is 1. The first kappa shape index (κ1) is 109. The molecule has 1 saturated heterocycles. The fourth-order valence-electron chi connectivity index (χ4n) is 9.76. The number of halogens is 1. The normalized spacial score (nSPS) is 13.1. The van der Waals surface area contributed by atoms with E-state index in [9.17, 15) is 40.9 Å². The summed E-state index contributed by atoms with van der Waals surface area (Å²) in [6.07, 6.45) is 7.81. The van der Waals surface area contributed by atoms with Crippen LogP contribution >= 0.6 is 15.9 Å². The van der Waals surface area contributed by atoms with Gasteiger partial charge in [0.05, 0.1) is 31.0 Å². The van der Waals surface area contributed by atoms with Crippen LogP contribution in [0.3, 0.4) is 0 Å². The molecule has 0 bridgehead atoms. The number of carbonyl (C=O) groups is 1. The summed E-state index contributed by atoms with van der Waals surface area (Å²) in [5.74, 6) is 5.18. The molecule has 8 aromatic carbocycles. The molecule has 0 aromatic heterocycles. The van der Waals surface area contributed by atoms with Crippen molar-refractivity contribution in [3.63, 3.8) is 0 Å². The van der Waals surface area contributed by atoms with E-state index in [4.69, 9.17) is 29.0 Å². The zero-order valence-electron chi connectivity index (χ0n) is 65.8. The van der Waals surface area contributed by atoms with Gasteiger partial charge in [-0.1, -0.05) is 228 Å². The fraction of sp³-hybridized carbons (Fsp3) is 0.432. The summed E-state index contributed by atoms with van der Waals surface area (Å²) in [5, 5.41) is 86.2. The van der Waals surface area contributed by atoms with Crippen molar-refractivity contribution in [2.75, 3.05) is 11.9 Å². The first-order valence-electron chi connectivity index (χ1n) is 35.3. The molecule has 8 unspecified atom stereocenters. The maximum atomic E-state index is 10.4. The van der Waals surface area contributed by atoms with Crippen LogP contribution in [0.2, 0.25) is 0 Å². The predicted molar refractivity (Wildman–Crippen MR) is 429 cm³/mol. The largest absolute Gasteiger partial charge is 1.00 e. The number of aromatic hydroxyl groups is 4. The first-order chi connectivity index (χ1) is 48.3. The Labute approximate surface area is 753 Å². The van der Waals surface area contributed by atoms with Gasteiger partial charge in [0.1, 0.15) is 66.2 Å². The number of rotatable bonds is 29. The van der Waals surface area contributed by atoms with E-state index in [0.29, 0.717) is 66.9 Å². The summed E-state index contributed by atoms with van der Waals surface area (Å²) in [7, 11) is 0. The van der Waals surface area contributed by atoms with Gasteiger partial charge < -0.3 is 78.8 Å². The second-order valence-electron chi connectivity index (χ2n) is 26.4. The molecule has 0 amide bonds. The number of aliphatic hydroxyl groups is 4. The topological polar surface area (TPSA) is 251 Å². The minimum absolute atomic E-state index is 0. The minimum atomic E-state index is -0.619. The van der Waals surface area contributed by atoms with Crippen molar-refractivity contribution in [1.82, 2.24) is 0 Å². The van der Waals surface area contributed by atoms with Crippen molar-refractivity contribution in [3.8, 4) is 40.2 Å². The molecule has 590 valence electrons. The first-order valence-corrected chi connectivity index (χ1v) is 36.5. The van der Waals surface area contributed by atoms with Crippen LogP contribution in [0.5, 0.6) is 40.2 Å². The quantitative estimate of drug-likeness (QED) is 0.00413. The molecule has 0 spiro atoms. The number of epoxide rings is 1. The van der Waals surface area contributed by atoms with E-state index in [1.54, 1.807) is 0 Å². The van der Waals surface area contributed by atoms with Gasteiger partial charge in [0.15, 0.2) is 0 Å². The zero-order valence-corrected chi connectivity index (χ0v) is 74.2. The van der Waals surface area contributed by atoms with Crippen LogP contribution in [0.4, 0.5) is 0 Å². The minimum Gasteiger partial charge on any atom is -1.00 e. The number of benzene rings is 8. The van der Waals surface area contributed by atoms with Crippen molar-refractivity contribution in [2.45, 2.75) is 212 Å². The number of phenols is 4. The molecule has 107 heavy (non-hydrogen) atoms. The summed E-state index contributed by atoms with van der Waals surface area (Å²) >= 11 is 3.29. The van der Waals surface area contributed by atoms with Crippen molar-refractivity contribution in [2.24, 2.45) is 23.7 Å². The second-order valence-corrected chi connectivity index (χ2v) is 27.1. The molecule has 0 aliphatic carbocycles. The third-order valence-electron chi connectivity index (χ3n) is 16.9. The van der Waals surface area contributed by atoms with Gasteiger partial charge in [-0.25, -0.2) is 0 Å². The van der Waals surface area contributed by atoms with Gasteiger partial charge in [0, 0.05) is 39.3 Å².